The van der Waals surface area contributed by atoms with Crippen LogP contribution in [0.4, 0.5) is 8.78 Å². The van der Waals surface area contributed by atoms with Gasteiger partial charge < -0.3 is 10.1 Å². The van der Waals surface area contributed by atoms with E-state index in [0.29, 0.717) is 19.7 Å². The smallest absolute Gasteiger partial charge is 0.263 e. The van der Waals surface area contributed by atoms with Crippen LogP contribution in [0.1, 0.15) is 17.6 Å². The van der Waals surface area contributed by atoms with Crippen molar-refractivity contribution in [3.05, 3.63) is 65.7 Å². The molecular weight excluding hydrogens is 260 g/mol. The lowest BCUT2D eigenvalue weighted by atomic mass is 10.1. The minimum Gasteiger partial charge on any atom is -0.492 e. The van der Waals surface area contributed by atoms with Crippen molar-refractivity contribution in [2.45, 2.75) is 13.0 Å². The standard InChI is InChI=1S/C16H17F2NO/c17-16(18)14-8-6-13(7-9-14)12-19-10-11-20-15-4-2-1-3-5-15/h1-9,16,19H,10-12H2. The molecule has 0 saturated carbocycles. The van der Waals surface area contributed by atoms with Gasteiger partial charge in [0.2, 0.25) is 0 Å². The van der Waals surface area contributed by atoms with E-state index in [-0.39, 0.29) is 5.56 Å². The molecule has 0 amide bonds. The second-order valence-corrected chi connectivity index (χ2v) is 4.38. The summed E-state index contributed by atoms with van der Waals surface area (Å²) in [6.45, 7) is 1.91. The van der Waals surface area contributed by atoms with Crippen molar-refractivity contribution in [2.24, 2.45) is 0 Å². The number of hydrogen-bond donors (Lipinski definition) is 1. The summed E-state index contributed by atoms with van der Waals surface area (Å²) in [5.74, 6) is 0.843. The molecule has 2 nitrogen and oxygen atoms in total. The number of para-hydroxylation sites is 1. The van der Waals surface area contributed by atoms with Gasteiger partial charge in [-0.25, -0.2) is 8.78 Å². The van der Waals surface area contributed by atoms with Crippen LogP contribution in [0.15, 0.2) is 54.6 Å². The molecule has 20 heavy (non-hydrogen) atoms. The summed E-state index contributed by atoms with van der Waals surface area (Å²) in [6, 6.07) is 15.9. The monoisotopic (exact) mass is 277 g/mol. The molecule has 2 aromatic carbocycles. The highest BCUT2D eigenvalue weighted by molar-refractivity contribution is 5.23. The molecule has 0 saturated heterocycles. The SMILES string of the molecule is FC(F)c1ccc(CNCCOc2ccccc2)cc1. The van der Waals surface area contributed by atoms with E-state index in [4.69, 9.17) is 4.74 Å². The van der Waals surface area contributed by atoms with Crippen LogP contribution in [-0.2, 0) is 6.54 Å². The van der Waals surface area contributed by atoms with E-state index in [1.54, 1.807) is 12.1 Å². The molecular formula is C16H17F2NO. The molecule has 4 heteroatoms. The van der Waals surface area contributed by atoms with Crippen molar-refractivity contribution in [3.8, 4) is 5.75 Å². The molecule has 0 unspecified atom stereocenters. The van der Waals surface area contributed by atoms with Crippen LogP contribution in [-0.4, -0.2) is 13.2 Å². The van der Waals surface area contributed by atoms with Crippen molar-refractivity contribution >= 4 is 0 Å². The summed E-state index contributed by atoms with van der Waals surface area (Å²) < 4.78 is 30.3. The first-order valence-corrected chi connectivity index (χ1v) is 6.51. The van der Waals surface area contributed by atoms with E-state index in [0.717, 1.165) is 11.3 Å². The predicted molar refractivity (Wildman–Crippen MR) is 75.0 cm³/mol. The minimum atomic E-state index is -2.41. The molecule has 2 aromatic rings. The van der Waals surface area contributed by atoms with Crippen molar-refractivity contribution in [1.29, 1.82) is 0 Å². The Morgan fingerprint density at radius 1 is 0.950 bits per heavy atom. The Balaban J connectivity index is 1.66. The fraction of sp³-hybridized carbons (Fsp3) is 0.250. The second kappa shape index (κ2) is 7.60. The first-order chi connectivity index (χ1) is 9.75. The molecule has 106 valence electrons. The number of rotatable bonds is 7. The van der Waals surface area contributed by atoms with Crippen LogP contribution < -0.4 is 10.1 Å². The average molecular weight is 277 g/mol. The van der Waals surface area contributed by atoms with E-state index in [2.05, 4.69) is 5.32 Å². The zero-order chi connectivity index (χ0) is 14.2. The third-order valence-corrected chi connectivity index (χ3v) is 2.85. The number of alkyl halides is 2. The highest BCUT2D eigenvalue weighted by Crippen LogP contribution is 2.18. The van der Waals surface area contributed by atoms with E-state index >= 15 is 0 Å². The Kier molecular flexibility index (Phi) is 5.50. The molecule has 1 N–H and O–H groups in total. The summed E-state index contributed by atoms with van der Waals surface area (Å²) in [5.41, 5.74) is 1.04. The zero-order valence-corrected chi connectivity index (χ0v) is 11.1. The second-order valence-electron chi connectivity index (χ2n) is 4.38. The zero-order valence-electron chi connectivity index (χ0n) is 11.1. The summed E-state index contributed by atoms with van der Waals surface area (Å²) in [6.07, 6.45) is -2.41. The molecule has 0 aliphatic rings. The first kappa shape index (κ1) is 14.5. The quantitative estimate of drug-likeness (QED) is 0.777. The van der Waals surface area contributed by atoms with Gasteiger partial charge in [0.15, 0.2) is 0 Å². The normalized spacial score (nSPS) is 10.8. The topological polar surface area (TPSA) is 21.3 Å². The van der Waals surface area contributed by atoms with Gasteiger partial charge in [0.05, 0.1) is 0 Å². The maximum atomic E-state index is 12.4. The predicted octanol–water partition coefficient (Wildman–Crippen LogP) is 3.79. The molecule has 0 radical (unpaired) electrons. The Morgan fingerprint density at radius 3 is 2.30 bits per heavy atom. The number of nitrogens with one attached hydrogen (secondary N) is 1. The van der Waals surface area contributed by atoms with Crippen LogP contribution in [0.2, 0.25) is 0 Å². The maximum Gasteiger partial charge on any atom is 0.263 e. The van der Waals surface area contributed by atoms with Gasteiger partial charge in [0, 0.05) is 18.7 Å². The van der Waals surface area contributed by atoms with Gasteiger partial charge in [-0.1, -0.05) is 42.5 Å². The largest absolute Gasteiger partial charge is 0.492 e. The van der Waals surface area contributed by atoms with Gasteiger partial charge in [-0.05, 0) is 17.7 Å². The van der Waals surface area contributed by atoms with Gasteiger partial charge in [-0.15, -0.1) is 0 Å². The third-order valence-electron chi connectivity index (χ3n) is 2.85. The van der Waals surface area contributed by atoms with Gasteiger partial charge in [0.1, 0.15) is 12.4 Å². The lowest BCUT2D eigenvalue weighted by Gasteiger charge is -2.08. The fourth-order valence-corrected chi connectivity index (χ4v) is 1.77. The van der Waals surface area contributed by atoms with Crippen molar-refractivity contribution in [1.82, 2.24) is 5.32 Å². The van der Waals surface area contributed by atoms with Crippen LogP contribution >= 0.6 is 0 Å². The lowest BCUT2D eigenvalue weighted by molar-refractivity contribution is 0.151. The summed E-state index contributed by atoms with van der Waals surface area (Å²) in [5, 5.41) is 3.21. The highest BCUT2D eigenvalue weighted by Gasteiger charge is 2.05. The third kappa shape index (κ3) is 4.63. The van der Waals surface area contributed by atoms with Gasteiger partial charge in [-0.3, -0.25) is 0 Å². The molecule has 0 aliphatic carbocycles. The minimum absolute atomic E-state index is 0.0566. The average Bonchev–Trinajstić information content (AvgIpc) is 2.48. The molecule has 0 aliphatic heterocycles. The molecule has 0 heterocycles. The molecule has 0 atom stereocenters. The number of ether oxygens (including phenoxy) is 1. The van der Waals surface area contributed by atoms with Crippen molar-refractivity contribution in [3.63, 3.8) is 0 Å². The number of benzene rings is 2. The van der Waals surface area contributed by atoms with Crippen LogP contribution in [0.3, 0.4) is 0 Å². The van der Waals surface area contributed by atoms with Crippen LogP contribution in [0.5, 0.6) is 5.75 Å². The summed E-state index contributed by atoms with van der Waals surface area (Å²) in [4.78, 5) is 0. The van der Waals surface area contributed by atoms with Crippen LogP contribution in [0, 0.1) is 0 Å². The lowest BCUT2D eigenvalue weighted by Crippen LogP contribution is -2.20. The molecule has 0 fully saturated rings. The fourth-order valence-electron chi connectivity index (χ4n) is 1.77. The number of hydrogen-bond acceptors (Lipinski definition) is 2. The van der Waals surface area contributed by atoms with Crippen LogP contribution in [0.25, 0.3) is 0 Å². The Bertz CT molecular complexity index is 500. The van der Waals surface area contributed by atoms with E-state index in [9.17, 15) is 8.78 Å². The molecule has 0 spiro atoms. The van der Waals surface area contributed by atoms with Gasteiger partial charge in [-0.2, -0.15) is 0 Å². The Hall–Kier alpha value is -1.94. The van der Waals surface area contributed by atoms with Crippen molar-refractivity contribution < 1.29 is 13.5 Å². The van der Waals surface area contributed by atoms with Gasteiger partial charge >= 0.3 is 0 Å². The first-order valence-electron chi connectivity index (χ1n) is 6.51. The van der Waals surface area contributed by atoms with E-state index in [1.807, 2.05) is 30.3 Å². The Morgan fingerprint density at radius 2 is 1.65 bits per heavy atom. The molecule has 0 bridgehead atoms. The summed E-state index contributed by atoms with van der Waals surface area (Å²) in [7, 11) is 0. The van der Waals surface area contributed by atoms with Crippen molar-refractivity contribution in [2.75, 3.05) is 13.2 Å². The molecule has 0 aromatic heterocycles. The van der Waals surface area contributed by atoms with E-state index in [1.165, 1.54) is 12.1 Å². The Labute approximate surface area is 117 Å². The highest BCUT2D eigenvalue weighted by atomic mass is 19.3. The summed E-state index contributed by atoms with van der Waals surface area (Å²) >= 11 is 0. The number of halogens is 2. The molecule has 2 rings (SSSR count). The van der Waals surface area contributed by atoms with Gasteiger partial charge in [0.25, 0.3) is 6.43 Å². The maximum absolute atomic E-state index is 12.4. The van der Waals surface area contributed by atoms with E-state index < -0.39 is 6.43 Å².